The average Bonchev–Trinajstić information content (AvgIpc) is 3.88. The largest absolute Gasteiger partial charge is 0.228 e. The van der Waals surface area contributed by atoms with Crippen molar-refractivity contribution in [3.05, 3.63) is 259 Å². The van der Waals surface area contributed by atoms with E-state index in [2.05, 4.69) is 158 Å². The number of fused-ring (bicyclic) bond motifs is 10. The van der Waals surface area contributed by atoms with Gasteiger partial charge in [0.1, 0.15) is 0 Å². The van der Waals surface area contributed by atoms with Crippen molar-refractivity contribution >= 4 is 0 Å². The van der Waals surface area contributed by atoms with Crippen LogP contribution in [0.1, 0.15) is 22.3 Å². The Balaban J connectivity index is 0.921. The van der Waals surface area contributed by atoms with Crippen LogP contribution in [0.2, 0.25) is 0 Å². The van der Waals surface area contributed by atoms with Crippen molar-refractivity contribution in [2.24, 2.45) is 0 Å². The number of nitrogens with zero attached hydrogens (tertiary/aromatic N) is 5. The molecule has 0 radical (unpaired) electrons. The first-order valence-corrected chi connectivity index (χ1v) is 22.7. The van der Waals surface area contributed by atoms with Crippen molar-refractivity contribution in [3.8, 4) is 101 Å². The molecular weight excluding hydrogens is 815 g/mol. The summed E-state index contributed by atoms with van der Waals surface area (Å²) in [6.07, 6.45) is 0. The van der Waals surface area contributed by atoms with Crippen molar-refractivity contribution in [1.82, 2.24) is 24.9 Å². The molecule has 0 fully saturated rings. The van der Waals surface area contributed by atoms with E-state index in [1.165, 1.54) is 44.5 Å². The van der Waals surface area contributed by atoms with Crippen LogP contribution in [-0.4, -0.2) is 24.9 Å². The lowest BCUT2D eigenvalue weighted by Crippen LogP contribution is -2.25. The van der Waals surface area contributed by atoms with Gasteiger partial charge in [-0.2, -0.15) is 0 Å². The number of benzene rings is 9. The number of aromatic nitrogens is 5. The Kier molecular flexibility index (Phi) is 9.00. The molecule has 0 unspecified atom stereocenters. The van der Waals surface area contributed by atoms with E-state index in [1.54, 1.807) is 0 Å². The summed E-state index contributed by atoms with van der Waals surface area (Å²) in [6, 6.07) is 83.4. The molecule has 5 nitrogen and oxygen atoms in total. The second-order valence-electron chi connectivity index (χ2n) is 17.2. The highest BCUT2D eigenvalue weighted by Crippen LogP contribution is 2.63. The molecule has 0 amide bonds. The minimum absolute atomic E-state index is 0.403. The van der Waals surface area contributed by atoms with E-state index >= 15 is 0 Å². The zero-order chi connectivity index (χ0) is 44.3. The molecule has 2 aromatic heterocycles. The molecule has 5 heteroatoms. The standard InChI is InChI=1S/C62H39N5/c1-4-18-40(19-5-1)58-63-56(39-57(64-58)46-34-35-55-51(38-46)50-30-12-15-33-54(50)62(55)52-31-13-10-28-48(52)49-29-11-14-32-53(49)62)45-26-16-24-43(36-45)44-25-17-27-47(37-44)61-66-59(41-20-6-2-7-21-41)65-60(67-61)42-22-8-3-9-23-42/h1-39H. The average molecular weight is 854 g/mol. The van der Waals surface area contributed by atoms with E-state index in [9.17, 15) is 0 Å². The molecule has 9 aromatic carbocycles. The van der Waals surface area contributed by atoms with Gasteiger partial charge in [-0.1, -0.05) is 212 Å². The SMILES string of the molecule is c1ccc(-c2nc(-c3cccc(-c4cccc(-c5nc(-c6ccccc6)nc(-c6ccccc6)n5)c4)c3)cc(-c3ccc4c(c3)-c3ccccc3C43c4ccccc4-c4ccccc43)n2)cc1. The third-order valence-electron chi connectivity index (χ3n) is 13.4. The molecule has 0 saturated carbocycles. The topological polar surface area (TPSA) is 64.5 Å². The van der Waals surface area contributed by atoms with E-state index in [1.807, 2.05) is 78.9 Å². The maximum Gasteiger partial charge on any atom is 0.164 e. The molecule has 2 aliphatic rings. The molecule has 67 heavy (non-hydrogen) atoms. The molecule has 0 saturated heterocycles. The number of rotatable bonds is 7. The van der Waals surface area contributed by atoms with E-state index in [-0.39, 0.29) is 0 Å². The molecule has 11 aromatic rings. The summed E-state index contributed by atoms with van der Waals surface area (Å²) in [7, 11) is 0. The molecule has 0 bridgehead atoms. The van der Waals surface area contributed by atoms with Gasteiger partial charge in [0.2, 0.25) is 0 Å². The zero-order valence-corrected chi connectivity index (χ0v) is 36.3. The van der Waals surface area contributed by atoms with Crippen LogP contribution >= 0.6 is 0 Å². The summed E-state index contributed by atoms with van der Waals surface area (Å²) >= 11 is 0. The van der Waals surface area contributed by atoms with E-state index in [0.29, 0.717) is 23.3 Å². The van der Waals surface area contributed by atoms with Gasteiger partial charge in [-0.3, -0.25) is 0 Å². The normalized spacial score (nSPS) is 12.6. The Morgan fingerprint density at radius 1 is 0.209 bits per heavy atom. The lowest BCUT2D eigenvalue weighted by atomic mass is 9.70. The minimum Gasteiger partial charge on any atom is -0.228 e. The van der Waals surface area contributed by atoms with E-state index < -0.39 is 5.41 Å². The fourth-order valence-electron chi connectivity index (χ4n) is 10.4. The quantitative estimate of drug-likeness (QED) is 0.160. The van der Waals surface area contributed by atoms with Gasteiger partial charge < -0.3 is 0 Å². The molecule has 2 aliphatic carbocycles. The molecule has 1 spiro atoms. The minimum atomic E-state index is -0.403. The Bertz CT molecular complexity index is 3590. The van der Waals surface area contributed by atoms with Crippen molar-refractivity contribution in [2.45, 2.75) is 5.41 Å². The molecular formula is C62H39N5. The van der Waals surface area contributed by atoms with Crippen LogP contribution in [-0.2, 0) is 5.41 Å². The van der Waals surface area contributed by atoms with Crippen molar-refractivity contribution in [2.75, 3.05) is 0 Å². The highest BCUT2D eigenvalue weighted by Gasteiger charge is 2.51. The third kappa shape index (κ3) is 6.35. The summed E-state index contributed by atoms with van der Waals surface area (Å²) in [6.45, 7) is 0. The predicted molar refractivity (Wildman–Crippen MR) is 270 cm³/mol. The summed E-state index contributed by atoms with van der Waals surface area (Å²) in [4.78, 5) is 25.5. The first-order valence-electron chi connectivity index (χ1n) is 22.7. The number of hydrogen-bond acceptors (Lipinski definition) is 5. The Morgan fingerprint density at radius 2 is 0.552 bits per heavy atom. The van der Waals surface area contributed by atoms with Crippen molar-refractivity contribution in [1.29, 1.82) is 0 Å². The molecule has 0 atom stereocenters. The van der Waals surface area contributed by atoms with E-state index in [0.717, 1.165) is 55.9 Å². The van der Waals surface area contributed by atoms with Crippen molar-refractivity contribution < 1.29 is 0 Å². The second-order valence-corrected chi connectivity index (χ2v) is 17.2. The van der Waals surface area contributed by atoms with Gasteiger partial charge in [0, 0.05) is 33.4 Å². The van der Waals surface area contributed by atoms with Gasteiger partial charge in [0.05, 0.1) is 16.8 Å². The van der Waals surface area contributed by atoms with Crippen LogP contribution in [0.5, 0.6) is 0 Å². The fourth-order valence-corrected chi connectivity index (χ4v) is 10.4. The molecule has 0 aliphatic heterocycles. The zero-order valence-electron chi connectivity index (χ0n) is 36.3. The predicted octanol–water partition coefficient (Wildman–Crippen LogP) is 14.7. The first-order chi connectivity index (χ1) is 33.2. The molecule has 312 valence electrons. The highest BCUT2D eigenvalue weighted by atomic mass is 15.0. The van der Waals surface area contributed by atoms with Crippen molar-refractivity contribution in [3.63, 3.8) is 0 Å². The maximum atomic E-state index is 5.30. The smallest absolute Gasteiger partial charge is 0.164 e. The van der Waals surface area contributed by atoms with Crippen LogP contribution < -0.4 is 0 Å². The second kappa shape index (κ2) is 15.7. The Hall–Kier alpha value is -8.93. The maximum absolute atomic E-state index is 5.30. The summed E-state index contributed by atoms with van der Waals surface area (Å²) in [5.41, 5.74) is 19.5. The lowest BCUT2D eigenvalue weighted by molar-refractivity contribution is 0.794. The van der Waals surface area contributed by atoms with Crippen LogP contribution in [0.25, 0.3) is 101 Å². The van der Waals surface area contributed by atoms with E-state index in [4.69, 9.17) is 24.9 Å². The summed E-state index contributed by atoms with van der Waals surface area (Å²) in [5.74, 6) is 2.55. The van der Waals surface area contributed by atoms with Gasteiger partial charge in [-0.05, 0) is 79.9 Å². The van der Waals surface area contributed by atoms with Crippen LogP contribution in [0.3, 0.4) is 0 Å². The Labute approximate surface area is 388 Å². The van der Waals surface area contributed by atoms with Crippen LogP contribution in [0, 0.1) is 0 Å². The summed E-state index contributed by atoms with van der Waals surface area (Å²) < 4.78 is 0. The van der Waals surface area contributed by atoms with Gasteiger partial charge in [-0.25, -0.2) is 24.9 Å². The lowest BCUT2D eigenvalue weighted by Gasteiger charge is -2.30. The van der Waals surface area contributed by atoms with Gasteiger partial charge in [0.25, 0.3) is 0 Å². The monoisotopic (exact) mass is 853 g/mol. The molecule has 0 N–H and O–H groups in total. The van der Waals surface area contributed by atoms with Gasteiger partial charge >= 0.3 is 0 Å². The molecule has 2 heterocycles. The number of hydrogen-bond donors (Lipinski definition) is 0. The third-order valence-corrected chi connectivity index (χ3v) is 13.4. The fraction of sp³-hybridized carbons (Fsp3) is 0.0161. The van der Waals surface area contributed by atoms with Gasteiger partial charge in [0.15, 0.2) is 23.3 Å². The van der Waals surface area contributed by atoms with Crippen LogP contribution in [0.4, 0.5) is 0 Å². The first kappa shape index (κ1) is 38.5. The van der Waals surface area contributed by atoms with Crippen LogP contribution in [0.15, 0.2) is 237 Å². The van der Waals surface area contributed by atoms with Gasteiger partial charge in [-0.15, -0.1) is 0 Å². The Morgan fingerprint density at radius 3 is 1.06 bits per heavy atom. The summed E-state index contributed by atoms with van der Waals surface area (Å²) in [5, 5.41) is 0. The molecule has 13 rings (SSSR count). The highest BCUT2D eigenvalue weighted by molar-refractivity contribution is 5.96.